The Labute approximate surface area is 193 Å². The highest BCUT2D eigenvalue weighted by Crippen LogP contribution is 2.32. The van der Waals surface area contributed by atoms with E-state index in [2.05, 4.69) is 42.6 Å². The monoisotopic (exact) mass is 431 g/mol. The van der Waals surface area contributed by atoms with E-state index < -0.39 is 0 Å². The maximum atomic E-state index is 13.3. The van der Waals surface area contributed by atoms with E-state index in [1.807, 2.05) is 79.2 Å². The number of hydrogen-bond donors (Lipinski definition) is 1. The predicted octanol–water partition coefficient (Wildman–Crippen LogP) is 6.87. The summed E-state index contributed by atoms with van der Waals surface area (Å²) in [5, 5.41) is 10.1. The Balaban J connectivity index is 1.66. The zero-order chi connectivity index (χ0) is 22.9. The van der Waals surface area contributed by atoms with Crippen molar-refractivity contribution >= 4 is 22.4 Å². The standard InChI is InChI=1S/C29H25N3O/c1-19-15-16-20(2)25(17-19)30-29(33)26-18-28(32(31-26)27-14-7-4-9-21(27)3)24-13-8-11-22-10-5-6-12-23(22)24/h4-18H,1-3H3,(H,30,33). The number of fused-ring (bicyclic) bond motifs is 1. The molecule has 0 unspecified atom stereocenters. The molecule has 1 aromatic heterocycles. The van der Waals surface area contributed by atoms with Gasteiger partial charge in [-0.15, -0.1) is 0 Å². The average molecular weight is 432 g/mol. The van der Waals surface area contributed by atoms with Gasteiger partial charge in [-0.1, -0.05) is 72.8 Å². The van der Waals surface area contributed by atoms with Crippen LogP contribution in [0.15, 0.2) is 91.0 Å². The molecule has 0 bridgehead atoms. The highest BCUT2D eigenvalue weighted by Gasteiger charge is 2.19. The number of aryl methyl sites for hydroxylation is 3. The molecule has 4 nitrogen and oxygen atoms in total. The minimum atomic E-state index is -0.225. The molecule has 33 heavy (non-hydrogen) atoms. The molecule has 0 atom stereocenters. The summed E-state index contributed by atoms with van der Waals surface area (Å²) in [6.45, 7) is 6.06. The number of benzene rings is 4. The van der Waals surface area contributed by atoms with E-state index in [9.17, 15) is 4.79 Å². The molecule has 4 heteroatoms. The number of para-hydroxylation sites is 1. The largest absolute Gasteiger partial charge is 0.320 e. The molecule has 0 saturated carbocycles. The Hall–Kier alpha value is -4.18. The normalized spacial score (nSPS) is 11.0. The van der Waals surface area contributed by atoms with Gasteiger partial charge in [-0.05, 0) is 66.4 Å². The first-order chi connectivity index (χ1) is 16.0. The molecule has 4 aromatic carbocycles. The van der Waals surface area contributed by atoms with Gasteiger partial charge in [-0.2, -0.15) is 5.10 Å². The third-order valence-electron chi connectivity index (χ3n) is 5.99. The van der Waals surface area contributed by atoms with Gasteiger partial charge in [-0.25, -0.2) is 4.68 Å². The number of amides is 1. The van der Waals surface area contributed by atoms with Crippen LogP contribution in [0.2, 0.25) is 0 Å². The number of hydrogen-bond acceptors (Lipinski definition) is 2. The molecular weight excluding hydrogens is 406 g/mol. The van der Waals surface area contributed by atoms with Crippen molar-refractivity contribution in [2.45, 2.75) is 20.8 Å². The summed E-state index contributed by atoms with van der Waals surface area (Å²) in [6.07, 6.45) is 0. The second-order valence-corrected chi connectivity index (χ2v) is 8.41. The molecule has 162 valence electrons. The number of rotatable bonds is 4. The molecule has 0 aliphatic heterocycles. The molecule has 5 rings (SSSR count). The fourth-order valence-corrected chi connectivity index (χ4v) is 4.17. The third kappa shape index (κ3) is 3.92. The van der Waals surface area contributed by atoms with Crippen LogP contribution in [0, 0.1) is 20.8 Å². The summed E-state index contributed by atoms with van der Waals surface area (Å²) in [6, 6.07) is 30.5. The van der Waals surface area contributed by atoms with Crippen molar-refractivity contribution in [1.29, 1.82) is 0 Å². The van der Waals surface area contributed by atoms with Crippen LogP contribution in [0.4, 0.5) is 5.69 Å². The van der Waals surface area contributed by atoms with Gasteiger partial charge in [0.15, 0.2) is 5.69 Å². The van der Waals surface area contributed by atoms with Gasteiger partial charge in [0.2, 0.25) is 0 Å². The Morgan fingerprint density at radius 1 is 0.788 bits per heavy atom. The number of nitrogens with one attached hydrogen (secondary N) is 1. The number of carbonyl (C=O) groups excluding carboxylic acids is 1. The smallest absolute Gasteiger partial charge is 0.276 e. The molecule has 1 amide bonds. The summed E-state index contributed by atoms with van der Waals surface area (Å²) in [4.78, 5) is 13.3. The van der Waals surface area contributed by atoms with Gasteiger partial charge in [-0.3, -0.25) is 4.79 Å². The van der Waals surface area contributed by atoms with Crippen LogP contribution in [0.1, 0.15) is 27.2 Å². The minimum absolute atomic E-state index is 0.225. The van der Waals surface area contributed by atoms with Crippen LogP contribution in [0.5, 0.6) is 0 Å². The molecule has 0 aliphatic carbocycles. The lowest BCUT2D eigenvalue weighted by Crippen LogP contribution is -2.14. The number of nitrogens with zero attached hydrogens (tertiary/aromatic N) is 2. The number of carbonyl (C=O) groups is 1. The Bertz CT molecular complexity index is 1490. The predicted molar refractivity (Wildman–Crippen MR) is 135 cm³/mol. The van der Waals surface area contributed by atoms with Crippen molar-refractivity contribution < 1.29 is 4.79 Å². The van der Waals surface area contributed by atoms with Gasteiger partial charge in [0.05, 0.1) is 11.4 Å². The Kier molecular flexibility index (Phi) is 5.27. The van der Waals surface area contributed by atoms with Crippen molar-refractivity contribution in [2.75, 3.05) is 5.32 Å². The molecule has 1 heterocycles. The van der Waals surface area contributed by atoms with E-state index in [1.54, 1.807) is 0 Å². The van der Waals surface area contributed by atoms with Crippen molar-refractivity contribution in [3.05, 3.63) is 113 Å². The first-order valence-corrected chi connectivity index (χ1v) is 11.0. The van der Waals surface area contributed by atoms with Crippen LogP contribution >= 0.6 is 0 Å². The quantitative estimate of drug-likeness (QED) is 0.337. The number of aromatic nitrogens is 2. The minimum Gasteiger partial charge on any atom is -0.320 e. The van der Waals surface area contributed by atoms with Crippen molar-refractivity contribution in [1.82, 2.24) is 9.78 Å². The summed E-state index contributed by atoms with van der Waals surface area (Å²) in [5.41, 5.74) is 7.25. The maximum Gasteiger partial charge on any atom is 0.276 e. The second-order valence-electron chi connectivity index (χ2n) is 8.41. The van der Waals surface area contributed by atoms with Crippen LogP contribution < -0.4 is 5.32 Å². The van der Waals surface area contributed by atoms with Gasteiger partial charge in [0, 0.05) is 11.3 Å². The molecular formula is C29H25N3O. The van der Waals surface area contributed by atoms with E-state index in [-0.39, 0.29) is 5.91 Å². The lowest BCUT2D eigenvalue weighted by atomic mass is 10.0. The van der Waals surface area contributed by atoms with Crippen molar-refractivity contribution in [2.24, 2.45) is 0 Å². The van der Waals surface area contributed by atoms with Crippen LogP contribution in [0.3, 0.4) is 0 Å². The van der Waals surface area contributed by atoms with E-state index in [0.29, 0.717) is 5.69 Å². The van der Waals surface area contributed by atoms with Gasteiger partial charge >= 0.3 is 0 Å². The SMILES string of the molecule is Cc1ccc(C)c(NC(=O)c2cc(-c3cccc4ccccc34)n(-c3ccccc3C)n2)c1. The fraction of sp³-hybridized carbons (Fsp3) is 0.103. The highest BCUT2D eigenvalue weighted by atomic mass is 16.2. The molecule has 0 radical (unpaired) electrons. The molecule has 0 spiro atoms. The summed E-state index contributed by atoms with van der Waals surface area (Å²) < 4.78 is 1.88. The molecule has 1 N–H and O–H groups in total. The van der Waals surface area contributed by atoms with Crippen LogP contribution in [0.25, 0.3) is 27.7 Å². The lowest BCUT2D eigenvalue weighted by molar-refractivity contribution is 0.102. The van der Waals surface area contributed by atoms with E-state index in [4.69, 9.17) is 5.10 Å². The summed E-state index contributed by atoms with van der Waals surface area (Å²) >= 11 is 0. The maximum absolute atomic E-state index is 13.3. The molecule has 0 fully saturated rings. The van der Waals surface area contributed by atoms with Crippen molar-refractivity contribution in [3.8, 4) is 16.9 Å². The van der Waals surface area contributed by atoms with Crippen LogP contribution in [-0.2, 0) is 0 Å². The Morgan fingerprint density at radius 3 is 2.39 bits per heavy atom. The highest BCUT2D eigenvalue weighted by molar-refractivity contribution is 6.05. The first-order valence-electron chi connectivity index (χ1n) is 11.0. The summed E-state index contributed by atoms with van der Waals surface area (Å²) in [7, 11) is 0. The van der Waals surface area contributed by atoms with E-state index >= 15 is 0 Å². The fourth-order valence-electron chi connectivity index (χ4n) is 4.17. The third-order valence-corrected chi connectivity index (χ3v) is 5.99. The van der Waals surface area contributed by atoms with E-state index in [0.717, 1.165) is 50.1 Å². The average Bonchev–Trinajstić information content (AvgIpc) is 3.26. The van der Waals surface area contributed by atoms with Gasteiger partial charge in [0.25, 0.3) is 5.91 Å². The molecule has 0 saturated heterocycles. The molecule has 0 aliphatic rings. The molecule has 5 aromatic rings. The van der Waals surface area contributed by atoms with Gasteiger partial charge < -0.3 is 5.32 Å². The van der Waals surface area contributed by atoms with Crippen molar-refractivity contribution in [3.63, 3.8) is 0 Å². The summed E-state index contributed by atoms with van der Waals surface area (Å²) in [5.74, 6) is -0.225. The zero-order valence-electron chi connectivity index (χ0n) is 19.0. The van der Waals surface area contributed by atoms with Gasteiger partial charge in [0.1, 0.15) is 0 Å². The Morgan fingerprint density at radius 2 is 1.55 bits per heavy atom. The van der Waals surface area contributed by atoms with E-state index in [1.165, 1.54) is 0 Å². The topological polar surface area (TPSA) is 46.9 Å². The second kappa shape index (κ2) is 8.40. The van der Waals surface area contributed by atoms with Crippen LogP contribution in [-0.4, -0.2) is 15.7 Å². The lowest BCUT2D eigenvalue weighted by Gasteiger charge is -2.12. The zero-order valence-corrected chi connectivity index (χ0v) is 19.0. The number of anilines is 1. The first kappa shape index (κ1) is 20.7.